The molecule has 0 fully saturated rings. The Morgan fingerprint density at radius 2 is 1.21 bits per heavy atom. The molecule has 10 rings (SSSR count). The van der Waals surface area contributed by atoms with E-state index in [1.807, 2.05) is 11.3 Å². The molecule has 0 amide bonds. The molecule has 0 saturated heterocycles. The van der Waals surface area contributed by atoms with Crippen molar-refractivity contribution in [3.63, 3.8) is 0 Å². The van der Waals surface area contributed by atoms with Gasteiger partial charge in [0.2, 0.25) is 0 Å². The van der Waals surface area contributed by atoms with E-state index in [1.165, 1.54) is 86.6 Å². The molecule has 1 aliphatic rings. The minimum absolute atomic E-state index is 0.239. The maximum atomic E-state index is 2.54. The third kappa shape index (κ3) is 4.15. The van der Waals surface area contributed by atoms with Gasteiger partial charge in [-0.05, 0) is 100 Å². The molecule has 47 heavy (non-hydrogen) atoms. The van der Waals surface area contributed by atoms with Gasteiger partial charge in [-0.1, -0.05) is 109 Å². The third-order valence-electron chi connectivity index (χ3n) is 10.2. The summed E-state index contributed by atoms with van der Waals surface area (Å²) in [6, 6.07) is 58.7. The van der Waals surface area contributed by atoms with Crippen LogP contribution < -0.4 is 0 Å². The lowest BCUT2D eigenvalue weighted by molar-refractivity contribution is 0.732. The van der Waals surface area contributed by atoms with E-state index in [-0.39, 0.29) is 5.92 Å². The number of hydrogen-bond donors (Lipinski definition) is 0. The highest BCUT2D eigenvalue weighted by molar-refractivity contribution is 7.26. The number of hydrogen-bond acceptors (Lipinski definition) is 1. The van der Waals surface area contributed by atoms with Crippen molar-refractivity contribution in [2.24, 2.45) is 0 Å². The lowest BCUT2D eigenvalue weighted by atomic mass is 9.83. The standard InChI is InChI=1S/C45H31NS/c1-3-13-29(14-4-1)31-25-40(45-41(26-31)36-20-10-12-22-44(36)47-45)34-24-23-30-15-7-8-18-33(30)37-27-39-35-19-9-11-21-42(35)46(43(39)28-38(34)37)32-16-5-2-6-17-32/h1-22,25-28,34H,23-24H2/t34-/m1/s1. The molecule has 222 valence electrons. The molecule has 0 saturated carbocycles. The van der Waals surface area contributed by atoms with E-state index in [1.54, 1.807) is 0 Å². The molecule has 2 heteroatoms. The fraction of sp³-hybridized carbons (Fsp3) is 0.0667. The maximum Gasteiger partial charge on any atom is 0.0544 e. The van der Waals surface area contributed by atoms with Crippen molar-refractivity contribution in [3.8, 4) is 27.9 Å². The number of rotatable bonds is 3. The first-order valence-electron chi connectivity index (χ1n) is 16.5. The second-order valence-corrected chi connectivity index (χ2v) is 13.9. The molecule has 2 aromatic heterocycles. The molecule has 0 N–H and O–H groups in total. The summed E-state index contributed by atoms with van der Waals surface area (Å²) in [7, 11) is 0. The van der Waals surface area contributed by atoms with Gasteiger partial charge in [0.1, 0.15) is 0 Å². The van der Waals surface area contributed by atoms with Gasteiger partial charge in [-0.2, -0.15) is 0 Å². The van der Waals surface area contributed by atoms with Crippen LogP contribution in [0.5, 0.6) is 0 Å². The zero-order chi connectivity index (χ0) is 30.9. The first kappa shape index (κ1) is 26.7. The molecule has 0 bridgehead atoms. The van der Waals surface area contributed by atoms with E-state index in [0.29, 0.717) is 0 Å². The molecule has 1 nitrogen and oxygen atoms in total. The number of benzene rings is 7. The summed E-state index contributed by atoms with van der Waals surface area (Å²) in [4.78, 5) is 0. The van der Waals surface area contributed by atoms with E-state index in [9.17, 15) is 0 Å². The van der Waals surface area contributed by atoms with Gasteiger partial charge in [0.05, 0.1) is 11.0 Å². The predicted molar refractivity (Wildman–Crippen MR) is 201 cm³/mol. The Labute approximate surface area is 278 Å². The zero-order valence-electron chi connectivity index (χ0n) is 25.9. The van der Waals surface area contributed by atoms with Crippen LogP contribution in [0.25, 0.3) is 69.9 Å². The molecule has 1 aliphatic carbocycles. The van der Waals surface area contributed by atoms with E-state index in [0.717, 1.165) is 12.8 Å². The third-order valence-corrected chi connectivity index (χ3v) is 11.5. The van der Waals surface area contributed by atoms with Crippen molar-refractivity contribution >= 4 is 53.3 Å². The van der Waals surface area contributed by atoms with Crippen LogP contribution in [-0.4, -0.2) is 4.57 Å². The second-order valence-electron chi connectivity index (χ2n) is 12.8. The minimum atomic E-state index is 0.239. The predicted octanol–water partition coefficient (Wildman–Crippen LogP) is 12.6. The van der Waals surface area contributed by atoms with Gasteiger partial charge >= 0.3 is 0 Å². The zero-order valence-corrected chi connectivity index (χ0v) is 26.7. The average Bonchev–Trinajstić information content (AvgIpc) is 3.62. The number of nitrogens with zero attached hydrogens (tertiary/aromatic N) is 1. The summed E-state index contributed by atoms with van der Waals surface area (Å²) in [5.41, 5.74) is 13.3. The first-order valence-corrected chi connectivity index (χ1v) is 17.3. The highest BCUT2D eigenvalue weighted by Gasteiger charge is 2.28. The van der Waals surface area contributed by atoms with Gasteiger partial charge in [-0.25, -0.2) is 0 Å². The molecule has 1 atom stereocenters. The summed E-state index contributed by atoms with van der Waals surface area (Å²) in [5, 5.41) is 5.32. The Balaban J connectivity index is 1.32. The highest BCUT2D eigenvalue weighted by atomic mass is 32.1. The van der Waals surface area contributed by atoms with Crippen LogP contribution >= 0.6 is 11.3 Å². The lowest BCUT2D eigenvalue weighted by Crippen LogP contribution is -2.04. The van der Waals surface area contributed by atoms with Crippen LogP contribution in [-0.2, 0) is 6.42 Å². The van der Waals surface area contributed by atoms with E-state index in [4.69, 9.17) is 0 Å². The van der Waals surface area contributed by atoms with Gasteiger partial charge in [-0.3, -0.25) is 0 Å². The summed E-state index contributed by atoms with van der Waals surface area (Å²) in [5.74, 6) is 0.239. The van der Waals surface area contributed by atoms with Crippen molar-refractivity contribution in [3.05, 3.63) is 174 Å². The fourth-order valence-corrected chi connectivity index (χ4v) is 9.35. The van der Waals surface area contributed by atoms with Crippen molar-refractivity contribution in [1.29, 1.82) is 0 Å². The van der Waals surface area contributed by atoms with Crippen LogP contribution in [0, 0.1) is 0 Å². The van der Waals surface area contributed by atoms with Crippen molar-refractivity contribution in [2.75, 3.05) is 0 Å². The summed E-state index contributed by atoms with van der Waals surface area (Å²) < 4.78 is 5.23. The Morgan fingerprint density at radius 1 is 0.489 bits per heavy atom. The van der Waals surface area contributed by atoms with Crippen LogP contribution in [0.3, 0.4) is 0 Å². The molecule has 0 aliphatic heterocycles. The van der Waals surface area contributed by atoms with Gasteiger partial charge < -0.3 is 4.57 Å². The minimum Gasteiger partial charge on any atom is -0.309 e. The number of thiophene rings is 1. The SMILES string of the molecule is c1ccc(-c2cc([C@@H]3CCc4ccccc4-c4cc5c6ccccc6n(-c6ccccc6)c5cc43)c3sc4ccccc4c3c2)cc1. The van der Waals surface area contributed by atoms with Crippen LogP contribution in [0.2, 0.25) is 0 Å². The van der Waals surface area contributed by atoms with Crippen molar-refractivity contribution in [1.82, 2.24) is 4.57 Å². The topological polar surface area (TPSA) is 4.93 Å². The Hall–Kier alpha value is -5.44. The number of aryl methyl sites for hydroxylation is 1. The van der Waals surface area contributed by atoms with Gasteiger partial charge in [0.15, 0.2) is 0 Å². The number of para-hydroxylation sites is 2. The monoisotopic (exact) mass is 617 g/mol. The Morgan fingerprint density at radius 3 is 2.09 bits per heavy atom. The average molecular weight is 618 g/mol. The van der Waals surface area contributed by atoms with E-state index >= 15 is 0 Å². The summed E-state index contributed by atoms with van der Waals surface area (Å²) >= 11 is 1.95. The highest BCUT2D eigenvalue weighted by Crippen LogP contribution is 2.49. The molecular formula is C45H31NS. The fourth-order valence-electron chi connectivity index (χ4n) is 8.10. The summed E-state index contributed by atoms with van der Waals surface area (Å²) in [6.07, 6.45) is 2.10. The number of aromatic nitrogens is 1. The molecule has 0 spiro atoms. The normalized spacial score (nSPS) is 14.4. The largest absolute Gasteiger partial charge is 0.309 e. The van der Waals surface area contributed by atoms with Crippen molar-refractivity contribution in [2.45, 2.75) is 18.8 Å². The summed E-state index contributed by atoms with van der Waals surface area (Å²) in [6.45, 7) is 0. The molecule has 9 aromatic rings. The van der Waals surface area contributed by atoms with E-state index < -0.39 is 0 Å². The van der Waals surface area contributed by atoms with Gasteiger partial charge in [0, 0.05) is 42.6 Å². The molecular weight excluding hydrogens is 587 g/mol. The molecule has 0 unspecified atom stereocenters. The molecule has 2 heterocycles. The smallest absolute Gasteiger partial charge is 0.0544 e. The van der Waals surface area contributed by atoms with Crippen LogP contribution in [0.1, 0.15) is 29.0 Å². The number of fused-ring (bicyclic) bond motifs is 9. The lowest BCUT2D eigenvalue weighted by Gasteiger charge is -2.21. The van der Waals surface area contributed by atoms with E-state index in [2.05, 4.69) is 162 Å². The van der Waals surface area contributed by atoms with Crippen LogP contribution in [0.4, 0.5) is 0 Å². The second kappa shape index (κ2) is 10.6. The Kier molecular flexibility index (Phi) is 6.00. The molecule has 7 aromatic carbocycles. The first-order chi connectivity index (χ1) is 23.3. The van der Waals surface area contributed by atoms with Crippen molar-refractivity contribution < 1.29 is 0 Å². The van der Waals surface area contributed by atoms with Crippen LogP contribution in [0.15, 0.2) is 158 Å². The Bertz CT molecular complexity index is 2620. The maximum absolute atomic E-state index is 2.54. The molecule has 0 radical (unpaired) electrons. The quantitative estimate of drug-likeness (QED) is 0.186. The van der Waals surface area contributed by atoms with Gasteiger partial charge in [-0.15, -0.1) is 11.3 Å². The van der Waals surface area contributed by atoms with Gasteiger partial charge in [0.25, 0.3) is 0 Å².